The largest absolute Gasteiger partial charge is 0.319 e. The topological polar surface area (TPSA) is 38.9 Å². The summed E-state index contributed by atoms with van der Waals surface area (Å²) in [5.74, 6) is 0.889. The van der Waals surface area contributed by atoms with Crippen LogP contribution in [0.1, 0.15) is 73.9 Å². The van der Waals surface area contributed by atoms with Crippen molar-refractivity contribution in [2.45, 2.75) is 76.7 Å². The number of hydrogen-bond donors (Lipinski definition) is 1. The standard InChI is InChI=1S/C16H26N2S/c1-2-12-6-5-10-16(17,11-9-12)15-18-13-7-3-4-8-14(13)19-15/h12H,2-11,17H2,1H3. The van der Waals surface area contributed by atoms with Gasteiger partial charge in [0, 0.05) is 4.88 Å². The first-order valence-electron chi connectivity index (χ1n) is 7.99. The van der Waals surface area contributed by atoms with Gasteiger partial charge in [0.05, 0.1) is 11.2 Å². The van der Waals surface area contributed by atoms with Crippen molar-refractivity contribution in [2.24, 2.45) is 11.7 Å². The number of nitrogens with zero attached hydrogens (tertiary/aromatic N) is 1. The van der Waals surface area contributed by atoms with E-state index in [-0.39, 0.29) is 5.54 Å². The molecule has 2 N–H and O–H groups in total. The van der Waals surface area contributed by atoms with E-state index in [0.717, 1.165) is 18.8 Å². The number of hydrogen-bond acceptors (Lipinski definition) is 3. The summed E-state index contributed by atoms with van der Waals surface area (Å²) in [7, 11) is 0. The Bertz CT molecular complexity index is 416. The second-order valence-corrected chi connectivity index (χ2v) is 7.54. The Kier molecular flexibility index (Phi) is 3.95. The number of rotatable bonds is 2. The molecule has 0 aromatic carbocycles. The molecule has 0 spiro atoms. The molecule has 2 unspecified atom stereocenters. The molecule has 1 heterocycles. The smallest absolute Gasteiger partial charge is 0.113 e. The fourth-order valence-electron chi connectivity index (χ4n) is 3.62. The highest BCUT2D eigenvalue weighted by atomic mass is 32.1. The van der Waals surface area contributed by atoms with E-state index in [0.29, 0.717) is 0 Å². The summed E-state index contributed by atoms with van der Waals surface area (Å²) in [4.78, 5) is 6.46. The summed E-state index contributed by atoms with van der Waals surface area (Å²) >= 11 is 1.92. The van der Waals surface area contributed by atoms with E-state index in [1.54, 1.807) is 0 Å². The molecule has 0 saturated heterocycles. The fourth-order valence-corrected chi connectivity index (χ4v) is 4.93. The lowest BCUT2D eigenvalue weighted by Gasteiger charge is -2.25. The number of fused-ring (bicyclic) bond motifs is 1. The molecule has 0 aliphatic heterocycles. The highest BCUT2D eigenvalue weighted by Gasteiger charge is 2.34. The van der Waals surface area contributed by atoms with Gasteiger partial charge in [0.25, 0.3) is 0 Å². The normalized spacial score (nSPS) is 31.8. The molecule has 2 nitrogen and oxygen atoms in total. The lowest BCUT2D eigenvalue weighted by Crippen LogP contribution is -2.36. The molecule has 2 aliphatic carbocycles. The quantitative estimate of drug-likeness (QED) is 0.825. The van der Waals surface area contributed by atoms with Crippen LogP contribution in [0.2, 0.25) is 0 Å². The fraction of sp³-hybridized carbons (Fsp3) is 0.812. The van der Waals surface area contributed by atoms with Crippen molar-refractivity contribution in [3.05, 3.63) is 15.6 Å². The van der Waals surface area contributed by atoms with E-state index < -0.39 is 0 Å². The summed E-state index contributed by atoms with van der Waals surface area (Å²) in [5.41, 5.74) is 8.01. The molecule has 1 saturated carbocycles. The molecular weight excluding hydrogens is 252 g/mol. The molecule has 0 radical (unpaired) electrons. The third-order valence-corrected chi connectivity index (χ3v) is 6.46. The van der Waals surface area contributed by atoms with Crippen LogP contribution in [0.4, 0.5) is 0 Å². The van der Waals surface area contributed by atoms with Gasteiger partial charge in [0.2, 0.25) is 0 Å². The van der Waals surface area contributed by atoms with Crippen molar-refractivity contribution in [3.63, 3.8) is 0 Å². The van der Waals surface area contributed by atoms with Crippen molar-refractivity contribution in [2.75, 3.05) is 0 Å². The summed E-state index contributed by atoms with van der Waals surface area (Å²) < 4.78 is 0. The van der Waals surface area contributed by atoms with Gasteiger partial charge in [-0.2, -0.15) is 0 Å². The van der Waals surface area contributed by atoms with Crippen LogP contribution in [0.25, 0.3) is 0 Å². The van der Waals surface area contributed by atoms with Crippen LogP contribution >= 0.6 is 11.3 Å². The third kappa shape index (κ3) is 2.73. The molecular formula is C16H26N2S. The monoisotopic (exact) mass is 278 g/mol. The van der Waals surface area contributed by atoms with Crippen LogP contribution in [0.3, 0.4) is 0 Å². The molecule has 3 rings (SSSR count). The summed E-state index contributed by atoms with van der Waals surface area (Å²) in [6, 6.07) is 0. The number of thiazole rings is 1. The third-order valence-electron chi connectivity index (χ3n) is 5.08. The van der Waals surface area contributed by atoms with Crippen LogP contribution in [0.5, 0.6) is 0 Å². The molecule has 3 heteroatoms. The average molecular weight is 278 g/mol. The van der Waals surface area contributed by atoms with E-state index in [1.165, 1.54) is 66.9 Å². The molecule has 0 amide bonds. The first-order valence-corrected chi connectivity index (χ1v) is 8.81. The van der Waals surface area contributed by atoms with Gasteiger partial charge in [-0.05, 0) is 50.9 Å². The average Bonchev–Trinajstić information content (AvgIpc) is 2.78. The number of aryl methyl sites for hydroxylation is 2. The van der Waals surface area contributed by atoms with Gasteiger partial charge < -0.3 is 5.73 Å². The lowest BCUT2D eigenvalue weighted by molar-refractivity contribution is 0.369. The molecule has 2 atom stereocenters. The second kappa shape index (κ2) is 5.53. The van der Waals surface area contributed by atoms with Gasteiger partial charge in [-0.25, -0.2) is 4.98 Å². The Labute approximate surface area is 120 Å². The highest BCUT2D eigenvalue weighted by molar-refractivity contribution is 7.11. The van der Waals surface area contributed by atoms with E-state index in [4.69, 9.17) is 10.7 Å². The zero-order chi connectivity index (χ0) is 13.3. The van der Waals surface area contributed by atoms with Crippen molar-refractivity contribution in [1.82, 2.24) is 4.98 Å². The predicted molar refractivity (Wildman–Crippen MR) is 81.5 cm³/mol. The molecule has 1 aromatic heterocycles. The molecule has 106 valence electrons. The zero-order valence-corrected chi connectivity index (χ0v) is 12.9. The first-order chi connectivity index (χ1) is 9.21. The molecule has 1 aromatic rings. The summed E-state index contributed by atoms with van der Waals surface area (Å²) in [6.07, 6.45) is 12.6. The maximum atomic E-state index is 6.76. The van der Waals surface area contributed by atoms with Gasteiger partial charge >= 0.3 is 0 Å². The van der Waals surface area contributed by atoms with Gasteiger partial charge in [0.1, 0.15) is 5.01 Å². The van der Waals surface area contributed by atoms with Crippen LogP contribution in [0.15, 0.2) is 0 Å². The minimum atomic E-state index is -0.119. The SMILES string of the molecule is CCC1CCCC(N)(c2nc3c(s2)CCCC3)CC1. The lowest BCUT2D eigenvalue weighted by atomic mass is 9.91. The second-order valence-electron chi connectivity index (χ2n) is 6.46. The van der Waals surface area contributed by atoms with Crippen molar-refractivity contribution < 1.29 is 0 Å². The predicted octanol–water partition coefficient (Wildman–Crippen LogP) is 4.17. The summed E-state index contributed by atoms with van der Waals surface area (Å²) in [6.45, 7) is 2.32. The number of nitrogens with two attached hydrogens (primary N) is 1. The van der Waals surface area contributed by atoms with Crippen molar-refractivity contribution in [3.8, 4) is 0 Å². The Morgan fingerprint density at radius 2 is 2.05 bits per heavy atom. The highest BCUT2D eigenvalue weighted by Crippen LogP contribution is 2.40. The van der Waals surface area contributed by atoms with Crippen molar-refractivity contribution in [1.29, 1.82) is 0 Å². The van der Waals surface area contributed by atoms with Crippen LogP contribution in [0, 0.1) is 5.92 Å². The Hall–Kier alpha value is -0.410. The minimum Gasteiger partial charge on any atom is -0.319 e. The van der Waals surface area contributed by atoms with E-state index >= 15 is 0 Å². The molecule has 0 bridgehead atoms. The maximum Gasteiger partial charge on any atom is 0.113 e. The van der Waals surface area contributed by atoms with Gasteiger partial charge in [-0.3, -0.25) is 0 Å². The Balaban J connectivity index is 1.81. The van der Waals surface area contributed by atoms with Crippen LogP contribution < -0.4 is 5.73 Å². The number of aromatic nitrogens is 1. The van der Waals surface area contributed by atoms with Gasteiger partial charge in [0.15, 0.2) is 0 Å². The Morgan fingerprint density at radius 1 is 1.21 bits per heavy atom. The van der Waals surface area contributed by atoms with Gasteiger partial charge in [-0.1, -0.05) is 26.2 Å². The van der Waals surface area contributed by atoms with Crippen LogP contribution in [-0.4, -0.2) is 4.98 Å². The van der Waals surface area contributed by atoms with Crippen molar-refractivity contribution >= 4 is 11.3 Å². The van der Waals surface area contributed by atoms with E-state index in [1.807, 2.05) is 11.3 Å². The maximum absolute atomic E-state index is 6.76. The molecule has 1 fully saturated rings. The first kappa shape index (κ1) is 13.6. The minimum absolute atomic E-state index is 0.119. The van der Waals surface area contributed by atoms with Gasteiger partial charge in [-0.15, -0.1) is 11.3 Å². The molecule has 2 aliphatic rings. The van der Waals surface area contributed by atoms with E-state index in [9.17, 15) is 0 Å². The summed E-state index contributed by atoms with van der Waals surface area (Å²) in [5, 5.41) is 1.25. The Morgan fingerprint density at radius 3 is 2.84 bits per heavy atom. The van der Waals surface area contributed by atoms with E-state index in [2.05, 4.69) is 6.92 Å². The molecule has 19 heavy (non-hydrogen) atoms. The zero-order valence-electron chi connectivity index (χ0n) is 12.1. The van der Waals surface area contributed by atoms with Crippen LogP contribution in [-0.2, 0) is 18.4 Å².